The van der Waals surface area contributed by atoms with E-state index in [0.717, 1.165) is 11.1 Å². The van der Waals surface area contributed by atoms with E-state index in [1.165, 1.54) is 0 Å². The van der Waals surface area contributed by atoms with E-state index in [2.05, 4.69) is 16.0 Å². The fourth-order valence-electron chi connectivity index (χ4n) is 2.45. The molecule has 0 saturated heterocycles. The number of benzene rings is 2. The number of carbonyl (C=O) groups excluding carboxylic acids is 2. The maximum absolute atomic E-state index is 12.3. The van der Waals surface area contributed by atoms with E-state index in [9.17, 15) is 9.59 Å². The molecule has 2 aromatic carbocycles. The normalized spacial score (nSPS) is 11.6. The molecular weight excluding hydrogens is 373 g/mol. The fourth-order valence-corrected chi connectivity index (χ4v) is 3.02. The fraction of sp³-hybridized carbons (Fsp3) is 0.263. The molecule has 0 radical (unpaired) electrons. The van der Waals surface area contributed by atoms with Gasteiger partial charge in [0.05, 0.1) is 6.04 Å². The number of halogens is 2. The van der Waals surface area contributed by atoms with E-state index in [0.29, 0.717) is 27.8 Å². The molecule has 7 heteroatoms. The molecule has 1 unspecified atom stereocenters. The molecule has 3 amide bonds. The largest absolute Gasteiger partial charge is 0.352 e. The maximum atomic E-state index is 12.3. The quantitative estimate of drug-likeness (QED) is 0.673. The van der Waals surface area contributed by atoms with Gasteiger partial charge in [-0.3, -0.25) is 4.79 Å². The van der Waals surface area contributed by atoms with E-state index in [1.54, 1.807) is 36.4 Å². The number of amides is 3. The molecule has 1 atom stereocenters. The summed E-state index contributed by atoms with van der Waals surface area (Å²) in [4.78, 5) is 24.3. The van der Waals surface area contributed by atoms with Crippen LogP contribution in [0.2, 0.25) is 10.0 Å². The van der Waals surface area contributed by atoms with E-state index in [-0.39, 0.29) is 18.0 Å². The number of carbonyl (C=O) groups is 2. The van der Waals surface area contributed by atoms with E-state index in [1.807, 2.05) is 20.8 Å². The molecule has 3 N–H and O–H groups in total. The summed E-state index contributed by atoms with van der Waals surface area (Å²) in [5.41, 5.74) is 2.67. The van der Waals surface area contributed by atoms with Gasteiger partial charge in [0.1, 0.15) is 0 Å². The monoisotopic (exact) mass is 393 g/mol. The van der Waals surface area contributed by atoms with Crippen molar-refractivity contribution in [2.24, 2.45) is 0 Å². The Balaban J connectivity index is 2.09. The molecule has 0 spiro atoms. The number of nitrogens with one attached hydrogen (secondary N) is 3. The van der Waals surface area contributed by atoms with Crippen molar-refractivity contribution in [2.45, 2.75) is 26.8 Å². The summed E-state index contributed by atoms with van der Waals surface area (Å²) in [5, 5.41) is 9.36. The van der Waals surface area contributed by atoms with Crippen molar-refractivity contribution in [3.63, 3.8) is 0 Å². The second-order valence-corrected chi connectivity index (χ2v) is 6.72. The lowest BCUT2D eigenvalue weighted by Crippen LogP contribution is -2.31. The molecule has 2 rings (SSSR count). The van der Waals surface area contributed by atoms with Gasteiger partial charge in [0.2, 0.25) is 0 Å². The molecule has 0 aliphatic heterocycles. The molecule has 0 saturated carbocycles. The molecule has 0 fully saturated rings. The number of urea groups is 1. The van der Waals surface area contributed by atoms with Gasteiger partial charge in [-0.1, -0.05) is 35.3 Å². The van der Waals surface area contributed by atoms with Crippen LogP contribution in [-0.2, 0) is 0 Å². The predicted molar refractivity (Wildman–Crippen MR) is 106 cm³/mol. The average Bonchev–Trinajstić information content (AvgIpc) is 2.56. The minimum absolute atomic E-state index is 0.183. The van der Waals surface area contributed by atoms with Gasteiger partial charge < -0.3 is 16.0 Å². The summed E-state index contributed by atoms with van der Waals surface area (Å²) in [6.45, 7) is 6.07. The first kappa shape index (κ1) is 20.1. The lowest BCUT2D eigenvalue weighted by Gasteiger charge is -2.17. The summed E-state index contributed by atoms with van der Waals surface area (Å²) in [6, 6.07) is 9.59. The summed E-state index contributed by atoms with van der Waals surface area (Å²) in [7, 11) is 0. The van der Waals surface area contributed by atoms with Gasteiger partial charge in [-0.25, -0.2) is 4.79 Å². The van der Waals surface area contributed by atoms with Crippen molar-refractivity contribution in [3.05, 3.63) is 63.1 Å². The van der Waals surface area contributed by atoms with Crippen molar-refractivity contribution in [1.82, 2.24) is 10.6 Å². The smallest absolute Gasteiger partial charge is 0.319 e. The Labute approximate surface area is 163 Å². The first-order chi connectivity index (χ1) is 12.3. The number of rotatable bonds is 5. The van der Waals surface area contributed by atoms with Gasteiger partial charge in [-0.2, -0.15) is 0 Å². The lowest BCUT2D eigenvalue weighted by molar-refractivity contribution is 0.0956. The molecule has 0 aromatic heterocycles. The number of aryl methyl sites for hydroxylation is 1. The molecule has 0 heterocycles. The Morgan fingerprint density at radius 3 is 2.50 bits per heavy atom. The van der Waals surface area contributed by atoms with E-state index >= 15 is 0 Å². The van der Waals surface area contributed by atoms with Crippen LogP contribution >= 0.6 is 23.2 Å². The van der Waals surface area contributed by atoms with Crippen LogP contribution < -0.4 is 16.0 Å². The highest BCUT2D eigenvalue weighted by Gasteiger charge is 2.14. The van der Waals surface area contributed by atoms with Gasteiger partial charge in [0.15, 0.2) is 0 Å². The third-order valence-electron chi connectivity index (χ3n) is 3.86. The molecule has 0 bridgehead atoms. The van der Waals surface area contributed by atoms with Crippen molar-refractivity contribution in [3.8, 4) is 0 Å². The lowest BCUT2D eigenvalue weighted by atomic mass is 10.1. The Kier molecular flexibility index (Phi) is 6.89. The Morgan fingerprint density at radius 1 is 1.12 bits per heavy atom. The second kappa shape index (κ2) is 8.92. The zero-order valence-corrected chi connectivity index (χ0v) is 16.3. The minimum Gasteiger partial charge on any atom is -0.352 e. The maximum Gasteiger partial charge on any atom is 0.319 e. The zero-order valence-electron chi connectivity index (χ0n) is 14.8. The first-order valence-electron chi connectivity index (χ1n) is 8.23. The summed E-state index contributed by atoms with van der Waals surface area (Å²) >= 11 is 12.1. The highest BCUT2D eigenvalue weighted by Crippen LogP contribution is 2.26. The van der Waals surface area contributed by atoms with Crippen LogP contribution in [0.15, 0.2) is 36.4 Å². The van der Waals surface area contributed by atoms with Crippen LogP contribution in [0.5, 0.6) is 0 Å². The van der Waals surface area contributed by atoms with Crippen molar-refractivity contribution in [2.75, 3.05) is 11.9 Å². The van der Waals surface area contributed by atoms with E-state index in [4.69, 9.17) is 23.2 Å². The SMILES string of the molecule is CCNC(=O)c1ccc(C)c(NC(=O)NC(C)c2ccc(Cl)cc2Cl)c1. The molecular formula is C19H21Cl2N3O2. The highest BCUT2D eigenvalue weighted by molar-refractivity contribution is 6.35. The van der Waals surface area contributed by atoms with Gasteiger partial charge in [0, 0.05) is 27.8 Å². The summed E-state index contributed by atoms with van der Waals surface area (Å²) in [5.74, 6) is -0.183. The highest BCUT2D eigenvalue weighted by atomic mass is 35.5. The number of hydrogen-bond donors (Lipinski definition) is 3. The Hall–Kier alpha value is -2.24. The predicted octanol–water partition coefficient (Wildman–Crippen LogP) is 4.93. The van der Waals surface area contributed by atoms with Crippen LogP contribution in [-0.4, -0.2) is 18.5 Å². The third-order valence-corrected chi connectivity index (χ3v) is 4.42. The van der Waals surface area contributed by atoms with Gasteiger partial charge in [-0.15, -0.1) is 0 Å². The zero-order chi connectivity index (χ0) is 19.3. The molecule has 5 nitrogen and oxygen atoms in total. The molecule has 0 aliphatic carbocycles. The first-order valence-corrected chi connectivity index (χ1v) is 8.98. The van der Waals surface area contributed by atoms with Gasteiger partial charge in [0.25, 0.3) is 5.91 Å². The number of hydrogen-bond acceptors (Lipinski definition) is 2. The van der Waals surface area contributed by atoms with Crippen LogP contribution in [0.3, 0.4) is 0 Å². The van der Waals surface area contributed by atoms with Crippen molar-refractivity contribution >= 4 is 40.8 Å². The third kappa shape index (κ3) is 5.13. The summed E-state index contributed by atoms with van der Waals surface area (Å²) < 4.78 is 0. The number of anilines is 1. The standard InChI is InChI=1S/C19H21Cl2N3O2/c1-4-22-18(25)13-6-5-11(2)17(9-13)24-19(26)23-12(3)15-8-7-14(20)10-16(15)21/h5-10,12H,4H2,1-3H3,(H,22,25)(H2,23,24,26). The average molecular weight is 394 g/mol. The van der Waals surface area contributed by atoms with Gasteiger partial charge in [-0.05, 0) is 56.2 Å². The van der Waals surface area contributed by atoms with E-state index < -0.39 is 0 Å². The molecule has 26 heavy (non-hydrogen) atoms. The van der Waals surface area contributed by atoms with Crippen LogP contribution in [0, 0.1) is 6.92 Å². The molecule has 2 aromatic rings. The summed E-state index contributed by atoms with van der Waals surface area (Å²) in [6.07, 6.45) is 0. The second-order valence-electron chi connectivity index (χ2n) is 5.88. The Bertz CT molecular complexity index is 824. The van der Waals surface area contributed by atoms with Crippen molar-refractivity contribution < 1.29 is 9.59 Å². The van der Waals surface area contributed by atoms with Gasteiger partial charge >= 0.3 is 6.03 Å². The Morgan fingerprint density at radius 2 is 1.85 bits per heavy atom. The van der Waals surface area contributed by atoms with Crippen molar-refractivity contribution in [1.29, 1.82) is 0 Å². The molecule has 0 aliphatic rings. The van der Waals surface area contributed by atoms with Crippen LogP contribution in [0.25, 0.3) is 0 Å². The van der Waals surface area contributed by atoms with Crippen LogP contribution in [0.1, 0.15) is 41.4 Å². The topological polar surface area (TPSA) is 70.2 Å². The molecule has 138 valence electrons. The minimum atomic E-state index is -0.389. The van der Waals surface area contributed by atoms with Crippen LogP contribution in [0.4, 0.5) is 10.5 Å².